The topological polar surface area (TPSA) is 111 Å². The van der Waals surface area contributed by atoms with Gasteiger partial charge in [0.2, 0.25) is 0 Å². The lowest BCUT2D eigenvalue weighted by atomic mass is 10.0. The van der Waals surface area contributed by atoms with Gasteiger partial charge in [-0.2, -0.15) is 0 Å². The molecular weight excluding hydrogens is 568 g/mol. The minimum Gasteiger partial charge on any atom is -0.486 e. The summed E-state index contributed by atoms with van der Waals surface area (Å²) in [6.07, 6.45) is 0.789. The van der Waals surface area contributed by atoms with Crippen LogP contribution in [0.2, 0.25) is 5.02 Å². The van der Waals surface area contributed by atoms with Crippen molar-refractivity contribution in [2.24, 2.45) is 0 Å². The van der Waals surface area contributed by atoms with E-state index < -0.39 is 28.5 Å². The summed E-state index contributed by atoms with van der Waals surface area (Å²) in [6, 6.07) is 8.99. The molecule has 2 aromatic carbocycles. The number of benzene rings is 2. The SMILES string of the molecule is CCOc1nn(CC)cc1S(=O)(=O)N1C[C@H](CCC(=O)O)Oc2ccc(/C=C/c3c(Cl)cccc3C(F)F)cc21. The van der Waals surface area contributed by atoms with Crippen LogP contribution in [0.1, 0.15) is 49.8 Å². The molecule has 0 saturated carbocycles. The fourth-order valence-corrected chi connectivity index (χ4v) is 6.10. The van der Waals surface area contributed by atoms with Crippen LogP contribution in [0.3, 0.4) is 0 Å². The molecule has 13 heteroatoms. The van der Waals surface area contributed by atoms with Gasteiger partial charge in [0, 0.05) is 35.3 Å². The number of carboxylic acid groups (broad SMARTS) is 1. The molecule has 0 amide bonds. The minimum atomic E-state index is -4.24. The average molecular weight is 596 g/mol. The Balaban J connectivity index is 1.78. The van der Waals surface area contributed by atoms with Crippen molar-refractivity contribution >= 4 is 45.4 Å². The molecule has 1 N–H and O–H groups in total. The van der Waals surface area contributed by atoms with Crippen LogP contribution in [0, 0.1) is 0 Å². The second-order valence-electron chi connectivity index (χ2n) is 8.90. The van der Waals surface area contributed by atoms with Gasteiger partial charge in [0.15, 0.2) is 4.90 Å². The van der Waals surface area contributed by atoms with Gasteiger partial charge in [-0.15, -0.1) is 5.10 Å². The van der Waals surface area contributed by atoms with Crippen molar-refractivity contribution in [1.82, 2.24) is 9.78 Å². The summed E-state index contributed by atoms with van der Waals surface area (Å²) in [6.45, 7) is 3.97. The van der Waals surface area contributed by atoms with Crippen molar-refractivity contribution < 1.29 is 36.6 Å². The van der Waals surface area contributed by atoms with Gasteiger partial charge >= 0.3 is 5.97 Å². The highest BCUT2D eigenvalue weighted by Gasteiger charge is 2.37. The molecule has 0 fully saturated rings. The average Bonchev–Trinajstić information content (AvgIpc) is 3.34. The van der Waals surface area contributed by atoms with Gasteiger partial charge in [0.05, 0.1) is 18.8 Å². The Morgan fingerprint density at radius 1 is 1.27 bits per heavy atom. The fourth-order valence-electron chi connectivity index (χ4n) is 4.27. The van der Waals surface area contributed by atoms with E-state index >= 15 is 0 Å². The third-order valence-corrected chi connectivity index (χ3v) is 8.32. The number of aliphatic carboxylic acids is 1. The summed E-state index contributed by atoms with van der Waals surface area (Å²) in [5, 5.41) is 13.5. The second-order valence-corrected chi connectivity index (χ2v) is 11.1. The minimum absolute atomic E-state index is 0.0474. The number of rotatable bonds is 11. The second kappa shape index (κ2) is 12.3. The first-order valence-corrected chi connectivity index (χ1v) is 14.4. The molecule has 0 saturated heterocycles. The van der Waals surface area contributed by atoms with Crippen LogP contribution in [0.4, 0.5) is 14.5 Å². The molecule has 0 aliphatic carbocycles. The van der Waals surface area contributed by atoms with E-state index in [2.05, 4.69) is 5.10 Å². The van der Waals surface area contributed by atoms with E-state index in [1.807, 2.05) is 6.92 Å². The highest BCUT2D eigenvalue weighted by atomic mass is 35.5. The summed E-state index contributed by atoms with van der Waals surface area (Å²) in [7, 11) is -4.24. The van der Waals surface area contributed by atoms with E-state index in [9.17, 15) is 22.0 Å². The smallest absolute Gasteiger partial charge is 0.303 e. The highest BCUT2D eigenvalue weighted by molar-refractivity contribution is 7.93. The van der Waals surface area contributed by atoms with Gasteiger partial charge in [-0.05, 0) is 44.0 Å². The molecule has 1 aliphatic heterocycles. The van der Waals surface area contributed by atoms with Crippen LogP contribution in [-0.4, -0.2) is 48.5 Å². The predicted octanol–water partition coefficient (Wildman–Crippen LogP) is 5.88. The van der Waals surface area contributed by atoms with Gasteiger partial charge in [-0.25, -0.2) is 17.2 Å². The number of ether oxygens (including phenoxy) is 2. The molecule has 0 radical (unpaired) electrons. The molecular formula is C27H28ClF2N3O6S. The molecule has 3 aromatic rings. The zero-order valence-electron chi connectivity index (χ0n) is 21.8. The van der Waals surface area contributed by atoms with Crippen LogP contribution in [-0.2, 0) is 21.4 Å². The first-order valence-electron chi connectivity index (χ1n) is 12.5. The summed E-state index contributed by atoms with van der Waals surface area (Å²) >= 11 is 6.17. The number of alkyl halides is 2. The van der Waals surface area contributed by atoms with Crippen molar-refractivity contribution in [3.63, 3.8) is 0 Å². The highest BCUT2D eigenvalue weighted by Crippen LogP contribution is 2.40. The maximum absolute atomic E-state index is 14.0. The monoisotopic (exact) mass is 595 g/mol. The Bertz CT molecular complexity index is 1530. The maximum Gasteiger partial charge on any atom is 0.303 e. The Labute approximate surface area is 235 Å². The summed E-state index contributed by atoms with van der Waals surface area (Å²) in [4.78, 5) is 11.0. The fraction of sp³-hybridized carbons (Fsp3) is 0.333. The number of hydrogen-bond donors (Lipinski definition) is 1. The molecule has 214 valence electrons. The van der Waals surface area contributed by atoms with Crippen molar-refractivity contribution in [3.05, 3.63) is 64.3 Å². The number of sulfonamides is 1. The Kier molecular flexibility index (Phi) is 8.99. The van der Waals surface area contributed by atoms with Crippen molar-refractivity contribution in [2.45, 2.75) is 50.7 Å². The number of carbonyl (C=O) groups is 1. The third-order valence-electron chi connectivity index (χ3n) is 6.23. The lowest BCUT2D eigenvalue weighted by Crippen LogP contribution is -2.43. The molecule has 1 aliphatic rings. The van der Waals surface area contributed by atoms with Crippen molar-refractivity contribution in [2.75, 3.05) is 17.5 Å². The standard InChI is InChI=1S/C27H28ClF2N3O6S/c1-3-32-16-24(27(31-32)38-4-2)40(36,37)33-15-18(10-13-25(34)35)39-23-12-9-17(14-22(23)33)8-11-19-20(26(29)30)6-5-7-21(19)28/h5-9,11-12,14,16,18,26H,3-4,10,13,15H2,1-2H3,(H,34,35)/b11-8+/t18-/m0/s1. The molecule has 2 heterocycles. The number of halogens is 3. The zero-order valence-corrected chi connectivity index (χ0v) is 23.3. The van der Waals surface area contributed by atoms with Gasteiger partial charge in [0.1, 0.15) is 11.9 Å². The molecule has 1 aromatic heterocycles. The predicted molar refractivity (Wildman–Crippen MR) is 147 cm³/mol. The normalized spacial score (nSPS) is 15.3. The van der Waals surface area contributed by atoms with Crippen LogP contribution in [0.5, 0.6) is 11.6 Å². The molecule has 0 spiro atoms. The zero-order chi connectivity index (χ0) is 29.0. The molecule has 4 rings (SSSR count). The van der Waals surface area contributed by atoms with E-state index in [0.717, 1.165) is 4.31 Å². The van der Waals surface area contributed by atoms with Crippen molar-refractivity contribution in [3.8, 4) is 11.6 Å². The number of aryl methyl sites for hydroxylation is 1. The van der Waals surface area contributed by atoms with E-state index in [1.54, 1.807) is 31.2 Å². The van der Waals surface area contributed by atoms with Crippen LogP contribution in [0.15, 0.2) is 47.5 Å². The van der Waals surface area contributed by atoms with Gasteiger partial charge in [0.25, 0.3) is 22.3 Å². The Hall–Kier alpha value is -3.64. The molecule has 9 nitrogen and oxygen atoms in total. The first kappa shape index (κ1) is 29.3. The Morgan fingerprint density at radius 2 is 2.05 bits per heavy atom. The number of aromatic nitrogens is 2. The quantitative estimate of drug-likeness (QED) is 0.275. The van der Waals surface area contributed by atoms with Crippen LogP contribution >= 0.6 is 11.6 Å². The van der Waals surface area contributed by atoms with Gasteiger partial charge in [-0.3, -0.25) is 13.8 Å². The lowest BCUT2D eigenvalue weighted by molar-refractivity contribution is -0.137. The van der Waals surface area contributed by atoms with Gasteiger partial charge in [-0.1, -0.05) is 42.0 Å². The third kappa shape index (κ3) is 6.23. The molecule has 0 unspecified atom stereocenters. The number of nitrogens with zero attached hydrogens (tertiary/aromatic N) is 3. The van der Waals surface area contributed by atoms with Gasteiger partial charge < -0.3 is 14.6 Å². The van der Waals surface area contributed by atoms with Crippen LogP contribution < -0.4 is 13.8 Å². The molecule has 40 heavy (non-hydrogen) atoms. The Morgan fingerprint density at radius 3 is 2.73 bits per heavy atom. The summed E-state index contributed by atoms with van der Waals surface area (Å²) in [5.41, 5.74) is 0.626. The lowest BCUT2D eigenvalue weighted by Gasteiger charge is -2.35. The van der Waals surface area contributed by atoms with E-state index in [-0.39, 0.29) is 64.4 Å². The number of carboxylic acids is 1. The largest absolute Gasteiger partial charge is 0.486 e. The number of fused-ring (bicyclic) bond motifs is 1. The van der Waals surface area contributed by atoms with Crippen LogP contribution in [0.25, 0.3) is 12.2 Å². The maximum atomic E-state index is 14.0. The molecule has 1 atom stereocenters. The van der Waals surface area contributed by atoms with E-state index in [4.69, 9.17) is 26.2 Å². The summed E-state index contributed by atoms with van der Waals surface area (Å²) < 4.78 is 69.2. The number of anilines is 1. The first-order chi connectivity index (χ1) is 19.0. The van der Waals surface area contributed by atoms with E-state index in [1.165, 1.54) is 35.2 Å². The number of hydrogen-bond acceptors (Lipinski definition) is 6. The summed E-state index contributed by atoms with van der Waals surface area (Å²) in [5.74, 6) is -0.849. The van der Waals surface area contributed by atoms with E-state index in [0.29, 0.717) is 12.1 Å². The van der Waals surface area contributed by atoms with Crippen molar-refractivity contribution in [1.29, 1.82) is 0 Å². The molecule has 0 bridgehead atoms.